The molecule has 3 rings (SSSR count). The SMILES string of the molecule is CNC(=O)/C(=N/OC)c1ccccc1COc1ncc(C(=O)OCc2ccccc2)cc1Cl. The predicted octanol–water partition coefficient (Wildman–Crippen LogP) is 3.77. The molecule has 0 atom stereocenters. The van der Waals surface area contributed by atoms with Gasteiger partial charge < -0.3 is 19.6 Å². The highest BCUT2D eigenvalue weighted by Crippen LogP contribution is 2.24. The van der Waals surface area contributed by atoms with Crippen molar-refractivity contribution in [3.63, 3.8) is 0 Å². The molecule has 0 bridgehead atoms. The maximum absolute atomic E-state index is 12.3. The summed E-state index contributed by atoms with van der Waals surface area (Å²) in [4.78, 5) is 33.5. The third kappa shape index (κ3) is 6.30. The minimum absolute atomic E-state index is 0.0560. The number of pyridine rings is 1. The topological polar surface area (TPSA) is 99.1 Å². The molecule has 170 valence electrons. The minimum atomic E-state index is -0.545. The number of benzene rings is 2. The van der Waals surface area contributed by atoms with Gasteiger partial charge in [0.05, 0.1) is 5.56 Å². The maximum atomic E-state index is 12.3. The lowest BCUT2D eigenvalue weighted by molar-refractivity contribution is -0.114. The maximum Gasteiger partial charge on any atom is 0.340 e. The fourth-order valence-electron chi connectivity index (χ4n) is 2.90. The Kier molecular flexibility index (Phi) is 8.37. The molecule has 33 heavy (non-hydrogen) atoms. The van der Waals surface area contributed by atoms with Crippen molar-refractivity contribution < 1.29 is 23.9 Å². The highest BCUT2D eigenvalue weighted by Gasteiger charge is 2.18. The van der Waals surface area contributed by atoms with Crippen LogP contribution in [0.3, 0.4) is 0 Å². The smallest absolute Gasteiger partial charge is 0.340 e. The van der Waals surface area contributed by atoms with E-state index in [0.29, 0.717) is 11.1 Å². The Balaban J connectivity index is 1.70. The summed E-state index contributed by atoms with van der Waals surface area (Å²) in [6, 6.07) is 17.9. The predicted molar refractivity (Wildman–Crippen MR) is 123 cm³/mol. The van der Waals surface area contributed by atoms with Gasteiger partial charge in [0.25, 0.3) is 5.91 Å². The summed E-state index contributed by atoms with van der Waals surface area (Å²) in [6.07, 6.45) is 1.34. The van der Waals surface area contributed by atoms with Gasteiger partial charge in [0, 0.05) is 18.8 Å². The molecule has 0 fully saturated rings. The zero-order valence-corrected chi connectivity index (χ0v) is 18.8. The molecule has 1 aromatic heterocycles. The van der Waals surface area contributed by atoms with Gasteiger partial charge in [0.1, 0.15) is 25.3 Å². The molecular weight excluding hydrogens is 446 g/mol. The Bertz CT molecular complexity index is 1150. The van der Waals surface area contributed by atoms with Crippen LogP contribution in [0.15, 0.2) is 72.0 Å². The van der Waals surface area contributed by atoms with Crippen LogP contribution in [0.4, 0.5) is 0 Å². The molecule has 0 radical (unpaired) electrons. The molecule has 0 aliphatic heterocycles. The number of likely N-dealkylation sites (N-methyl/N-ethyl adjacent to an activating group) is 1. The second-order valence-corrected chi connectivity index (χ2v) is 7.13. The summed E-state index contributed by atoms with van der Waals surface area (Å²) in [5.74, 6) is -0.814. The van der Waals surface area contributed by atoms with Crippen molar-refractivity contribution in [1.29, 1.82) is 0 Å². The van der Waals surface area contributed by atoms with Crippen LogP contribution in [0.1, 0.15) is 27.0 Å². The summed E-state index contributed by atoms with van der Waals surface area (Å²) in [5.41, 5.74) is 2.39. The van der Waals surface area contributed by atoms with E-state index in [1.54, 1.807) is 24.3 Å². The van der Waals surface area contributed by atoms with E-state index in [-0.39, 0.29) is 35.4 Å². The van der Waals surface area contributed by atoms with Crippen molar-refractivity contribution in [3.8, 4) is 5.88 Å². The number of esters is 1. The zero-order chi connectivity index (χ0) is 23.6. The molecule has 0 unspecified atom stereocenters. The quantitative estimate of drug-likeness (QED) is 0.292. The van der Waals surface area contributed by atoms with E-state index in [4.69, 9.17) is 25.9 Å². The summed E-state index contributed by atoms with van der Waals surface area (Å²) in [6.45, 7) is 0.198. The number of ether oxygens (including phenoxy) is 2. The number of amides is 1. The standard InChI is InChI=1S/C24H22ClN3O5/c1-26-22(29)21(28-31-2)19-11-7-6-10-17(19)15-32-23-20(25)12-18(13-27-23)24(30)33-14-16-8-4-3-5-9-16/h3-13H,14-15H2,1-2H3,(H,26,29)/b28-21+. The number of nitrogens with one attached hydrogen (secondary N) is 1. The van der Waals surface area contributed by atoms with Crippen molar-refractivity contribution in [2.75, 3.05) is 14.2 Å². The molecule has 9 heteroatoms. The Morgan fingerprint density at radius 1 is 1.06 bits per heavy atom. The van der Waals surface area contributed by atoms with Gasteiger partial charge >= 0.3 is 5.97 Å². The average Bonchev–Trinajstić information content (AvgIpc) is 2.85. The Labute approximate surface area is 196 Å². The van der Waals surface area contributed by atoms with Crippen LogP contribution in [-0.2, 0) is 27.6 Å². The molecule has 0 spiro atoms. The van der Waals surface area contributed by atoms with Crippen molar-refractivity contribution in [2.45, 2.75) is 13.2 Å². The molecule has 0 aliphatic rings. The second-order valence-electron chi connectivity index (χ2n) is 6.72. The Morgan fingerprint density at radius 3 is 2.48 bits per heavy atom. The van der Waals surface area contributed by atoms with E-state index in [9.17, 15) is 9.59 Å². The number of rotatable bonds is 9. The van der Waals surface area contributed by atoms with E-state index < -0.39 is 11.9 Å². The fourth-order valence-corrected chi connectivity index (χ4v) is 3.12. The van der Waals surface area contributed by atoms with Crippen LogP contribution in [0.5, 0.6) is 5.88 Å². The lowest BCUT2D eigenvalue weighted by Gasteiger charge is -2.12. The first kappa shape index (κ1) is 23.7. The molecule has 1 heterocycles. The van der Waals surface area contributed by atoms with E-state index in [0.717, 1.165) is 5.56 Å². The summed E-state index contributed by atoms with van der Waals surface area (Å²) < 4.78 is 11.0. The van der Waals surface area contributed by atoms with Gasteiger partial charge in [-0.1, -0.05) is 71.4 Å². The number of aromatic nitrogens is 1. The van der Waals surface area contributed by atoms with Gasteiger partial charge in [0.15, 0.2) is 5.71 Å². The van der Waals surface area contributed by atoms with Crippen molar-refractivity contribution in [1.82, 2.24) is 10.3 Å². The molecule has 8 nitrogen and oxygen atoms in total. The Hall–Kier alpha value is -3.91. The first-order valence-corrected chi connectivity index (χ1v) is 10.3. The molecule has 0 saturated heterocycles. The third-order valence-electron chi connectivity index (χ3n) is 4.52. The summed E-state index contributed by atoms with van der Waals surface area (Å²) >= 11 is 6.28. The van der Waals surface area contributed by atoms with E-state index in [1.165, 1.54) is 26.4 Å². The lowest BCUT2D eigenvalue weighted by atomic mass is 10.0. The summed E-state index contributed by atoms with van der Waals surface area (Å²) in [7, 11) is 2.86. The van der Waals surface area contributed by atoms with E-state index in [2.05, 4.69) is 15.5 Å². The molecular formula is C24H22ClN3O5. The molecule has 3 aromatic rings. The van der Waals surface area contributed by atoms with Crippen LogP contribution in [0.2, 0.25) is 5.02 Å². The zero-order valence-electron chi connectivity index (χ0n) is 18.1. The third-order valence-corrected chi connectivity index (χ3v) is 4.79. The largest absolute Gasteiger partial charge is 0.472 e. The van der Waals surface area contributed by atoms with Gasteiger partial charge in [0.2, 0.25) is 5.88 Å². The van der Waals surface area contributed by atoms with Gasteiger partial charge in [-0.05, 0) is 17.2 Å². The van der Waals surface area contributed by atoms with Crippen LogP contribution in [0.25, 0.3) is 0 Å². The van der Waals surface area contributed by atoms with Crippen molar-refractivity contribution >= 4 is 29.2 Å². The number of nitrogens with zero attached hydrogens (tertiary/aromatic N) is 2. The molecule has 1 amide bonds. The first-order valence-electron chi connectivity index (χ1n) is 9.94. The van der Waals surface area contributed by atoms with Gasteiger partial charge in [-0.15, -0.1) is 0 Å². The number of halogens is 1. The molecule has 0 saturated carbocycles. The highest BCUT2D eigenvalue weighted by atomic mass is 35.5. The van der Waals surface area contributed by atoms with Crippen molar-refractivity contribution in [2.24, 2.45) is 5.16 Å². The van der Waals surface area contributed by atoms with Crippen molar-refractivity contribution in [3.05, 3.63) is 94.1 Å². The van der Waals surface area contributed by atoms with Crippen LogP contribution in [-0.4, -0.2) is 36.7 Å². The number of oxime groups is 1. The van der Waals surface area contributed by atoms with Gasteiger partial charge in [-0.2, -0.15) is 0 Å². The number of carbonyl (C=O) groups excluding carboxylic acids is 2. The average molecular weight is 468 g/mol. The number of hydrogen-bond acceptors (Lipinski definition) is 7. The summed E-state index contributed by atoms with van der Waals surface area (Å²) in [5, 5.41) is 6.50. The molecule has 2 aromatic carbocycles. The molecule has 1 N–H and O–H groups in total. The van der Waals surface area contributed by atoms with Gasteiger partial charge in [-0.25, -0.2) is 9.78 Å². The lowest BCUT2D eigenvalue weighted by Crippen LogP contribution is -2.29. The normalized spacial score (nSPS) is 10.9. The second kappa shape index (κ2) is 11.6. The number of carbonyl (C=O) groups is 2. The van der Waals surface area contributed by atoms with Gasteiger partial charge in [-0.3, -0.25) is 4.79 Å². The monoisotopic (exact) mass is 467 g/mol. The first-order chi connectivity index (χ1) is 16.0. The van der Waals surface area contributed by atoms with E-state index in [1.807, 2.05) is 30.3 Å². The van der Waals surface area contributed by atoms with Crippen LogP contribution in [0, 0.1) is 0 Å². The fraction of sp³-hybridized carbons (Fsp3) is 0.167. The van der Waals surface area contributed by atoms with Crippen LogP contribution >= 0.6 is 11.6 Å². The number of hydrogen-bond donors (Lipinski definition) is 1. The van der Waals surface area contributed by atoms with E-state index >= 15 is 0 Å². The minimum Gasteiger partial charge on any atom is -0.472 e. The Morgan fingerprint density at radius 2 is 1.79 bits per heavy atom. The highest BCUT2D eigenvalue weighted by molar-refractivity contribution is 6.45. The van der Waals surface area contributed by atoms with Crippen LogP contribution < -0.4 is 10.1 Å². The molecule has 0 aliphatic carbocycles.